The van der Waals surface area contributed by atoms with Crippen molar-refractivity contribution in [3.8, 4) is 11.5 Å². The van der Waals surface area contributed by atoms with E-state index in [0.717, 1.165) is 22.6 Å². The Balaban J connectivity index is 2.42. The molecular weight excluding hydrogens is 375 g/mol. The predicted molar refractivity (Wildman–Crippen MR) is 85.7 cm³/mol. The number of methoxy groups -OCH3 is 2. The van der Waals surface area contributed by atoms with Gasteiger partial charge in [0.2, 0.25) is 0 Å². The maximum Gasteiger partial charge on any atom is 0.122 e. The molecule has 0 bridgehead atoms. The molecule has 0 aliphatic carbocycles. The Morgan fingerprint density at radius 2 is 1.74 bits per heavy atom. The van der Waals surface area contributed by atoms with E-state index in [1.54, 1.807) is 25.6 Å². The van der Waals surface area contributed by atoms with Crippen molar-refractivity contribution < 1.29 is 9.47 Å². The van der Waals surface area contributed by atoms with Crippen LogP contribution in [0.15, 0.2) is 29.6 Å². The van der Waals surface area contributed by atoms with Crippen LogP contribution in [0, 0.1) is 2.88 Å². The summed E-state index contributed by atoms with van der Waals surface area (Å²) in [5, 5.41) is 2.10. The minimum atomic E-state index is -0.0798. The molecule has 2 rings (SSSR count). The van der Waals surface area contributed by atoms with Gasteiger partial charge in [-0.25, -0.2) is 5.43 Å². The van der Waals surface area contributed by atoms with Crippen LogP contribution in [0.25, 0.3) is 0 Å². The van der Waals surface area contributed by atoms with Crippen LogP contribution < -0.4 is 20.7 Å². The highest BCUT2D eigenvalue weighted by Gasteiger charge is 2.16. The van der Waals surface area contributed by atoms with E-state index in [2.05, 4.69) is 39.5 Å². The molecule has 0 radical (unpaired) electrons. The summed E-state index contributed by atoms with van der Waals surface area (Å²) in [6, 6.07) is 7.79. The average molecular weight is 390 g/mol. The molecule has 102 valence electrons. The minimum Gasteiger partial charge on any atom is -0.497 e. The zero-order valence-electron chi connectivity index (χ0n) is 10.6. The number of hydrogen-bond acceptors (Lipinski definition) is 5. The van der Waals surface area contributed by atoms with Gasteiger partial charge in [-0.15, -0.1) is 11.3 Å². The Hall–Kier alpha value is -0.830. The van der Waals surface area contributed by atoms with Gasteiger partial charge in [0.15, 0.2) is 0 Å². The zero-order valence-corrected chi connectivity index (χ0v) is 13.6. The van der Waals surface area contributed by atoms with Gasteiger partial charge in [-0.1, -0.05) is 0 Å². The van der Waals surface area contributed by atoms with Crippen molar-refractivity contribution in [1.29, 1.82) is 0 Å². The summed E-state index contributed by atoms with van der Waals surface area (Å²) in [6.45, 7) is 0. The van der Waals surface area contributed by atoms with Crippen LogP contribution in [0.5, 0.6) is 11.5 Å². The summed E-state index contributed by atoms with van der Waals surface area (Å²) in [7, 11) is 3.27. The van der Waals surface area contributed by atoms with Crippen molar-refractivity contribution in [2.45, 2.75) is 6.04 Å². The largest absolute Gasteiger partial charge is 0.497 e. The summed E-state index contributed by atoms with van der Waals surface area (Å²) < 4.78 is 11.8. The summed E-state index contributed by atoms with van der Waals surface area (Å²) >= 11 is 3.99. The molecule has 1 heterocycles. The van der Waals surface area contributed by atoms with Gasteiger partial charge in [-0.3, -0.25) is 5.84 Å². The zero-order chi connectivity index (χ0) is 13.8. The van der Waals surface area contributed by atoms with Gasteiger partial charge in [0, 0.05) is 6.07 Å². The highest BCUT2D eigenvalue weighted by Crippen LogP contribution is 2.31. The molecule has 0 amide bonds. The fraction of sp³-hybridized carbons (Fsp3) is 0.231. The Morgan fingerprint density at radius 3 is 2.16 bits per heavy atom. The van der Waals surface area contributed by atoms with E-state index in [1.807, 2.05) is 18.2 Å². The van der Waals surface area contributed by atoms with Crippen molar-refractivity contribution in [3.63, 3.8) is 0 Å². The number of hydrogen-bond donors (Lipinski definition) is 2. The number of hydrazine groups is 1. The fourth-order valence-electron chi connectivity index (χ4n) is 1.86. The lowest BCUT2D eigenvalue weighted by atomic mass is 10.0. The SMILES string of the molecule is COc1cc(OC)cc(C(NN)c2csc(I)c2)c1. The van der Waals surface area contributed by atoms with Gasteiger partial charge < -0.3 is 9.47 Å². The molecule has 0 spiro atoms. The number of benzene rings is 1. The van der Waals surface area contributed by atoms with Gasteiger partial charge in [0.1, 0.15) is 11.5 Å². The molecule has 1 aromatic heterocycles. The van der Waals surface area contributed by atoms with Crippen molar-refractivity contribution in [2.75, 3.05) is 14.2 Å². The molecule has 19 heavy (non-hydrogen) atoms. The Kier molecular flexibility index (Phi) is 5.03. The molecule has 6 heteroatoms. The quantitative estimate of drug-likeness (QED) is 0.468. The first kappa shape index (κ1) is 14.6. The Bertz CT molecular complexity index is 537. The van der Waals surface area contributed by atoms with Gasteiger partial charge in [-0.2, -0.15) is 0 Å². The van der Waals surface area contributed by atoms with Crippen LogP contribution in [0.4, 0.5) is 0 Å². The lowest BCUT2D eigenvalue weighted by Crippen LogP contribution is -2.28. The number of halogens is 1. The van der Waals surface area contributed by atoms with Crippen molar-refractivity contribution >= 4 is 33.9 Å². The highest BCUT2D eigenvalue weighted by molar-refractivity contribution is 14.1. The van der Waals surface area contributed by atoms with E-state index in [1.165, 1.54) is 2.88 Å². The topological polar surface area (TPSA) is 56.5 Å². The lowest BCUT2D eigenvalue weighted by molar-refractivity contribution is 0.392. The molecule has 1 atom stereocenters. The molecule has 2 aromatic rings. The van der Waals surface area contributed by atoms with E-state index in [4.69, 9.17) is 15.3 Å². The second-order valence-corrected chi connectivity index (χ2v) is 6.74. The van der Waals surface area contributed by atoms with Gasteiger partial charge >= 0.3 is 0 Å². The summed E-state index contributed by atoms with van der Waals surface area (Å²) in [5.41, 5.74) is 4.98. The third-order valence-corrected chi connectivity index (χ3v) is 4.60. The number of rotatable bonds is 5. The first-order chi connectivity index (χ1) is 9.17. The van der Waals surface area contributed by atoms with E-state index < -0.39 is 0 Å². The van der Waals surface area contributed by atoms with E-state index in [9.17, 15) is 0 Å². The molecule has 1 unspecified atom stereocenters. The van der Waals surface area contributed by atoms with Crippen LogP contribution >= 0.6 is 33.9 Å². The number of nitrogens with one attached hydrogen (secondary N) is 1. The van der Waals surface area contributed by atoms with E-state index in [-0.39, 0.29) is 6.04 Å². The normalized spacial score (nSPS) is 12.2. The molecular formula is C13H15IN2O2S. The van der Waals surface area contributed by atoms with Crippen LogP contribution in [0.1, 0.15) is 17.2 Å². The molecule has 0 aliphatic rings. The summed E-state index contributed by atoms with van der Waals surface area (Å²) in [4.78, 5) is 0. The predicted octanol–water partition coefficient (Wildman–Crippen LogP) is 2.92. The fourth-order valence-corrected chi connectivity index (χ4v) is 3.25. The third kappa shape index (κ3) is 3.38. The van der Waals surface area contributed by atoms with Gasteiger partial charge in [-0.05, 0) is 57.3 Å². The molecule has 1 aromatic carbocycles. The van der Waals surface area contributed by atoms with E-state index in [0.29, 0.717) is 0 Å². The van der Waals surface area contributed by atoms with E-state index >= 15 is 0 Å². The average Bonchev–Trinajstić information content (AvgIpc) is 2.85. The molecule has 3 N–H and O–H groups in total. The summed E-state index contributed by atoms with van der Waals surface area (Å²) in [6.07, 6.45) is 0. The minimum absolute atomic E-state index is 0.0798. The van der Waals surface area contributed by atoms with Gasteiger partial charge in [0.25, 0.3) is 0 Å². The van der Waals surface area contributed by atoms with Crippen LogP contribution in [-0.4, -0.2) is 14.2 Å². The van der Waals surface area contributed by atoms with Crippen LogP contribution in [-0.2, 0) is 0 Å². The standard InChI is InChI=1S/C13H15IN2O2S/c1-17-10-3-8(4-11(6-10)18-2)13(16-15)9-5-12(14)19-7-9/h3-7,13,16H,15H2,1-2H3. The maximum absolute atomic E-state index is 5.70. The lowest BCUT2D eigenvalue weighted by Gasteiger charge is -2.17. The van der Waals surface area contributed by atoms with Crippen LogP contribution in [0.3, 0.4) is 0 Å². The monoisotopic (exact) mass is 390 g/mol. The Morgan fingerprint density at radius 1 is 1.11 bits per heavy atom. The summed E-state index contributed by atoms with van der Waals surface area (Å²) in [5.74, 6) is 7.20. The number of thiophene rings is 1. The van der Waals surface area contributed by atoms with Crippen LogP contribution in [0.2, 0.25) is 0 Å². The first-order valence-electron chi connectivity index (χ1n) is 5.61. The third-order valence-electron chi connectivity index (χ3n) is 2.79. The van der Waals surface area contributed by atoms with Crippen molar-refractivity contribution in [1.82, 2.24) is 5.43 Å². The second kappa shape index (κ2) is 6.56. The molecule has 0 fully saturated rings. The molecule has 4 nitrogen and oxygen atoms in total. The maximum atomic E-state index is 5.70. The number of ether oxygens (including phenoxy) is 2. The Labute approximate surface area is 130 Å². The molecule has 0 saturated carbocycles. The second-order valence-electron chi connectivity index (χ2n) is 3.93. The highest BCUT2D eigenvalue weighted by atomic mass is 127. The molecule has 0 aliphatic heterocycles. The first-order valence-corrected chi connectivity index (χ1v) is 7.56. The van der Waals surface area contributed by atoms with Gasteiger partial charge in [0.05, 0.1) is 23.1 Å². The van der Waals surface area contributed by atoms with Crippen molar-refractivity contribution in [2.24, 2.45) is 5.84 Å². The number of nitrogens with two attached hydrogens (primary N) is 1. The smallest absolute Gasteiger partial charge is 0.122 e. The molecule has 0 saturated heterocycles. The van der Waals surface area contributed by atoms with Crippen molar-refractivity contribution in [3.05, 3.63) is 43.7 Å².